The summed E-state index contributed by atoms with van der Waals surface area (Å²) in [6, 6.07) is 8.39. The molecule has 0 atom stereocenters. The van der Waals surface area contributed by atoms with Crippen LogP contribution in [0.15, 0.2) is 41.0 Å². The lowest BCUT2D eigenvalue weighted by molar-refractivity contribution is 0.102. The van der Waals surface area contributed by atoms with Crippen LogP contribution in [0, 0.1) is 0 Å². The minimum absolute atomic E-state index is 0.292. The van der Waals surface area contributed by atoms with Crippen molar-refractivity contribution < 1.29 is 4.79 Å². The highest BCUT2D eigenvalue weighted by Gasteiger charge is 2.11. The van der Waals surface area contributed by atoms with E-state index in [0.717, 1.165) is 4.47 Å². The maximum absolute atomic E-state index is 11.9. The summed E-state index contributed by atoms with van der Waals surface area (Å²) in [7, 11) is 0. The molecule has 0 aliphatic rings. The van der Waals surface area contributed by atoms with Crippen LogP contribution in [-0.2, 0) is 0 Å². The topological polar surface area (TPSA) is 42.0 Å². The van der Waals surface area contributed by atoms with Gasteiger partial charge in [0.15, 0.2) is 0 Å². The molecule has 0 saturated carbocycles. The van der Waals surface area contributed by atoms with Crippen molar-refractivity contribution in [3.63, 3.8) is 0 Å². The molecule has 2 aromatic rings. The fourth-order valence-corrected chi connectivity index (χ4v) is 2.00. The summed E-state index contributed by atoms with van der Waals surface area (Å²) in [6.45, 7) is 0. The number of hydrogen-bond acceptors (Lipinski definition) is 2. The van der Waals surface area contributed by atoms with Crippen LogP contribution in [0.25, 0.3) is 0 Å². The molecule has 1 aromatic heterocycles. The SMILES string of the molecule is O=C(Nc1cccc(Cl)c1Cl)c1cc(Br)ccn1. The molecule has 0 unspecified atom stereocenters. The number of rotatable bonds is 2. The van der Waals surface area contributed by atoms with E-state index in [1.807, 2.05) is 0 Å². The average molecular weight is 346 g/mol. The number of aromatic nitrogens is 1. The molecule has 2 rings (SSSR count). The Kier molecular flexibility index (Phi) is 4.22. The van der Waals surface area contributed by atoms with Gasteiger partial charge >= 0.3 is 0 Å². The summed E-state index contributed by atoms with van der Waals surface area (Å²) in [5.74, 6) is -0.347. The summed E-state index contributed by atoms with van der Waals surface area (Å²) in [5, 5.41) is 3.35. The minimum Gasteiger partial charge on any atom is -0.319 e. The molecule has 18 heavy (non-hydrogen) atoms. The molecule has 6 heteroatoms. The summed E-state index contributed by atoms with van der Waals surface area (Å²) >= 11 is 15.1. The zero-order chi connectivity index (χ0) is 13.1. The number of halogens is 3. The van der Waals surface area contributed by atoms with Crippen molar-refractivity contribution in [1.29, 1.82) is 0 Å². The zero-order valence-corrected chi connectivity index (χ0v) is 12.1. The predicted octanol–water partition coefficient (Wildman–Crippen LogP) is 4.40. The third kappa shape index (κ3) is 3.02. The number of benzene rings is 1. The molecular weight excluding hydrogens is 339 g/mol. The van der Waals surface area contributed by atoms with Crippen molar-refractivity contribution in [2.75, 3.05) is 5.32 Å². The minimum atomic E-state index is -0.347. The van der Waals surface area contributed by atoms with Crippen LogP contribution in [0.4, 0.5) is 5.69 Å². The molecule has 1 amide bonds. The zero-order valence-electron chi connectivity index (χ0n) is 8.95. The van der Waals surface area contributed by atoms with E-state index in [1.54, 1.807) is 36.5 Å². The Hall–Kier alpha value is -1.10. The number of hydrogen-bond donors (Lipinski definition) is 1. The molecule has 0 bridgehead atoms. The molecule has 1 aromatic carbocycles. The Morgan fingerprint density at radius 3 is 2.78 bits per heavy atom. The molecule has 0 aliphatic carbocycles. The van der Waals surface area contributed by atoms with Crippen LogP contribution in [0.2, 0.25) is 10.0 Å². The lowest BCUT2D eigenvalue weighted by Crippen LogP contribution is -2.13. The van der Waals surface area contributed by atoms with Gasteiger partial charge in [-0.05, 0) is 24.3 Å². The van der Waals surface area contributed by atoms with E-state index in [9.17, 15) is 4.79 Å². The third-order valence-electron chi connectivity index (χ3n) is 2.15. The molecule has 0 radical (unpaired) electrons. The first-order valence-electron chi connectivity index (χ1n) is 4.95. The Bertz CT molecular complexity index is 604. The number of nitrogens with zero attached hydrogens (tertiary/aromatic N) is 1. The molecule has 1 N–H and O–H groups in total. The molecule has 0 saturated heterocycles. The van der Waals surface area contributed by atoms with E-state index in [4.69, 9.17) is 23.2 Å². The number of amides is 1. The highest BCUT2D eigenvalue weighted by Crippen LogP contribution is 2.29. The highest BCUT2D eigenvalue weighted by molar-refractivity contribution is 9.10. The first kappa shape index (κ1) is 13.3. The van der Waals surface area contributed by atoms with Gasteiger partial charge in [-0.3, -0.25) is 9.78 Å². The van der Waals surface area contributed by atoms with Crippen molar-refractivity contribution in [1.82, 2.24) is 4.98 Å². The van der Waals surface area contributed by atoms with E-state index in [-0.39, 0.29) is 5.91 Å². The fraction of sp³-hybridized carbons (Fsp3) is 0. The second kappa shape index (κ2) is 5.69. The van der Waals surface area contributed by atoms with Gasteiger partial charge in [0.05, 0.1) is 15.7 Å². The normalized spacial score (nSPS) is 10.2. The smallest absolute Gasteiger partial charge is 0.274 e. The third-order valence-corrected chi connectivity index (χ3v) is 3.47. The molecule has 0 fully saturated rings. The van der Waals surface area contributed by atoms with Crippen LogP contribution in [0.1, 0.15) is 10.5 Å². The van der Waals surface area contributed by atoms with Gasteiger partial charge in [-0.25, -0.2) is 0 Å². The van der Waals surface area contributed by atoms with Gasteiger partial charge in [-0.15, -0.1) is 0 Å². The van der Waals surface area contributed by atoms with E-state index < -0.39 is 0 Å². The van der Waals surface area contributed by atoms with E-state index >= 15 is 0 Å². The Labute approximate surface area is 122 Å². The van der Waals surface area contributed by atoms with Crippen LogP contribution >= 0.6 is 39.1 Å². The molecule has 1 heterocycles. The van der Waals surface area contributed by atoms with Crippen molar-refractivity contribution >= 4 is 50.7 Å². The quantitative estimate of drug-likeness (QED) is 0.876. The van der Waals surface area contributed by atoms with Crippen molar-refractivity contribution in [2.45, 2.75) is 0 Å². The largest absolute Gasteiger partial charge is 0.319 e. The predicted molar refractivity (Wildman–Crippen MR) is 76.4 cm³/mol. The number of anilines is 1. The second-order valence-electron chi connectivity index (χ2n) is 3.41. The van der Waals surface area contributed by atoms with Crippen LogP contribution in [0.3, 0.4) is 0 Å². The van der Waals surface area contributed by atoms with E-state index in [2.05, 4.69) is 26.2 Å². The van der Waals surface area contributed by atoms with Gasteiger partial charge < -0.3 is 5.32 Å². The van der Waals surface area contributed by atoms with Gasteiger partial charge in [0.2, 0.25) is 0 Å². The maximum atomic E-state index is 11.9. The molecule has 0 aliphatic heterocycles. The van der Waals surface area contributed by atoms with Crippen LogP contribution in [-0.4, -0.2) is 10.9 Å². The van der Waals surface area contributed by atoms with Crippen LogP contribution < -0.4 is 5.32 Å². The molecular formula is C12H7BrCl2N2O. The highest BCUT2D eigenvalue weighted by atomic mass is 79.9. The van der Waals surface area contributed by atoms with E-state index in [0.29, 0.717) is 21.4 Å². The lowest BCUT2D eigenvalue weighted by atomic mass is 10.3. The summed E-state index contributed by atoms with van der Waals surface area (Å²) in [4.78, 5) is 15.9. The standard InChI is InChI=1S/C12H7BrCl2N2O/c13-7-4-5-16-10(6-7)12(18)17-9-3-1-2-8(14)11(9)15/h1-6H,(H,17,18). The summed E-state index contributed by atoms with van der Waals surface area (Å²) < 4.78 is 0.778. The Morgan fingerprint density at radius 2 is 2.06 bits per heavy atom. The Morgan fingerprint density at radius 1 is 1.28 bits per heavy atom. The van der Waals surface area contributed by atoms with Gasteiger partial charge in [-0.1, -0.05) is 45.2 Å². The van der Waals surface area contributed by atoms with Crippen molar-refractivity contribution in [2.24, 2.45) is 0 Å². The van der Waals surface area contributed by atoms with Crippen molar-refractivity contribution in [3.8, 4) is 0 Å². The van der Waals surface area contributed by atoms with Crippen LogP contribution in [0.5, 0.6) is 0 Å². The lowest BCUT2D eigenvalue weighted by Gasteiger charge is -2.07. The molecule has 92 valence electrons. The average Bonchev–Trinajstić information content (AvgIpc) is 2.35. The first-order valence-corrected chi connectivity index (χ1v) is 6.50. The van der Waals surface area contributed by atoms with Gasteiger partial charge in [0, 0.05) is 10.7 Å². The van der Waals surface area contributed by atoms with Gasteiger partial charge in [0.25, 0.3) is 5.91 Å². The van der Waals surface area contributed by atoms with Crippen molar-refractivity contribution in [3.05, 3.63) is 56.7 Å². The van der Waals surface area contributed by atoms with Gasteiger partial charge in [0.1, 0.15) is 5.69 Å². The Balaban J connectivity index is 2.24. The number of nitrogens with one attached hydrogen (secondary N) is 1. The molecule has 3 nitrogen and oxygen atoms in total. The summed E-state index contributed by atoms with van der Waals surface area (Å²) in [6.07, 6.45) is 1.54. The first-order chi connectivity index (χ1) is 8.58. The number of pyridine rings is 1. The molecule has 0 spiro atoms. The van der Waals surface area contributed by atoms with Gasteiger partial charge in [-0.2, -0.15) is 0 Å². The number of carbonyl (C=O) groups is 1. The second-order valence-corrected chi connectivity index (χ2v) is 5.12. The monoisotopic (exact) mass is 344 g/mol. The maximum Gasteiger partial charge on any atom is 0.274 e. The summed E-state index contributed by atoms with van der Waals surface area (Å²) in [5.41, 5.74) is 0.747. The fourth-order valence-electron chi connectivity index (χ4n) is 1.32. The van der Waals surface area contributed by atoms with E-state index in [1.165, 1.54) is 0 Å². The number of carbonyl (C=O) groups excluding carboxylic acids is 1.